The molecule has 10 heteroatoms. The van der Waals surface area contributed by atoms with Crippen LogP contribution in [0.15, 0.2) is 30.3 Å². The Morgan fingerprint density at radius 2 is 1.90 bits per heavy atom. The van der Waals surface area contributed by atoms with Crippen molar-refractivity contribution in [1.82, 2.24) is 15.1 Å². The molecule has 3 amide bonds. The zero-order valence-corrected chi connectivity index (χ0v) is 18.5. The van der Waals surface area contributed by atoms with E-state index >= 15 is 0 Å². The van der Waals surface area contributed by atoms with Gasteiger partial charge in [0.1, 0.15) is 18.1 Å². The van der Waals surface area contributed by atoms with E-state index in [9.17, 15) is 29.4 Å². The SMILES string of the molecule is CCNC(=O)CN(Cc1ccccc1)C(=O)[C@@H](O)[C@@H]1C(=O)N2[C@@H]1SC(C)(C)[C@@H]2C(=O)O. The number of thioether (sulfide) groups is 1. The lowest BCUT2D eigenvalue weighted by Gasteiger charge is -2.45. The van der Waals surface area contributed by atoms with E-state index in [1.165, 1.54) is 21.6 Å². The smallest absolute Gasteiger partial charge is 0.327 e. The second-order valence-corrected chi connectivity index (χ2v) is 9.97. The highest BCUT2D eigenvalue weighted by molar-refractivity contribution is 8.01. The van der Waals surface area contributed by atoms with Crippen LogP contribution in [0, 0.1) is 5.92 Å². The zero-order valence-electron chi connectivity index (χ0n) is 17.6. The van der Waals surface area contributed by atoms with Gasteiger partial charge in [-0.05, 0) is 26.3 Å². The summed E-state index contributed by atoms with van der Waals surface area (Å²) in [6, 6.07) is 8.01. The van der Waals surface area contributed by atoms with Crippen molar-refractivity contribution < 1.29 is 29.4 Å². The van der Waals surface area contributed by atoms with Crippen molar-refractivity contribution >= 4 is 35.5 Å². The molecule has 3 N–H and O–H groups in total. The summed E-state index contributed by atoms with van der Waals surface area (Å²) in [7, 11) is 0. The lowest BCUT2D eigenvalue weighted by atomic mass is 9.87. The van der Waals surface area contributed by atoms with Gasteiger partial charge in [-0.2, -0.15) is 0 Å². The molecule has 0 bridgehead atoms. The molecule has 1 aromatic rings. The minimum Gasteiger partial charge on any atom is -0.480 e. The molecule has 3 rings (SSSR count). The molecule has 2 saturated heterocycles. The van der Waals surface area contributed by atoms with E-state index in [1.807, 2.05) is 6.07 Å². The topological polar surface area (TPSA) is 127 Å². The Morgan fingerprint density at radius 1 is 1.26 bits per heavy atom. The van der Waals surface area contributed by atoms with Crippen LogP contribution in [0.4, 0.5) is 0 Å². The minimum atomic E-state index is -1.66. The summed E-state index contributed by atoms with van der Waals surface area (Å²) in [6.45, 7) is 5.45. The molecule has 2 aliphatic heterocycles. The molecule has 0 spiro atoms. The normalized spacial score (nSPS) is 24.7. The maximum absolute atomic E-state index is 13.1. The van der Waals surface area contributed by atoms with Crippen LogP contribution in [0.2, 0.25) is 0 Å². The average molecular weight is 450 g/mol. The van der Waals surface area contributed by atoms with Crippen LogP contribution in [0.3, 0.4) is 0 Å². The monoisotopic (exact) mass is 449 g/mol. The summed E-state index contributed by atoms with van der Waals surface area (Å²) in [6.07, 6.45) is -1.66. The van der Waals surface area contributed by atoms with Gasteiger partial charge in [-0.15, -0.1) is 11.8 Å². The summed E-state index contributed by atoms with van der Waals surface area (Å²) in [5.74, 6) is -3.83. The standard InChI is InChI=1S/C21H27N3O6S/c1-4-22-13(25)11-23(10-12-8-6-5-7-9-12)18(28)15(26)14-17(27)24-16(20(29)30)21(2,3)31-19(14)24/h5-9,14-16,19,26H,4,10-11H2,1-3H3,(H,22,25)(H,29,30)/t14-,15+,16+,19-/m1/s1. The molecule has 1 aromatic carbocycles. The fourth-order valence-corrected chi connectivity index (χ4v) is 5.83. The first kappa shape index (κ1) is 23.1. The van der Waals surface area contributed by atoms with Gasteiger partial charge in [0, 0.05) is 17.8 Å². The summed E-state index contributed by atoms with van der Waals surface area (Å²) < 4.78 is -0.756. The number of β-lactam (4-membered cyclic amide) rings is 1. The average Bonchev–Trinajstić information content (AvgIpc) is 2.95. The molecule has 0 aliphatic carbocycles. The predicted octanol–water partition coefficient (Wildman–Crippen LogP) is 0.275. The molecule has 0 radical (unpaired) electrons. The van der Waals surface area contributed by atoms with Crippen LogP contribution in [0.25, 0.3) is 0 Å². The van der Waals surface area contributed by atoms with Gasteiger partial charge < -0.3 is 25.3 Å². The number of nitrogens with zero attached hydrogens (tertiary/aromatic N) is 2. The van der Waals surface area contributed by atoms with E-state index in [0.717, 1.165) is 5.56 Å². The molecule has 0 aromatic heterocycles. The van der Waals surface area contributed by atoms with E-state index in [0.29, 0.717) is 6.54 Å². The first-order valence-corrected chi connectivity index (χ1v) is 11.0. The number of aliphatic hydroxyl groups is 1. The Balaban J connectivity index is 1.79. The fraction of sp³-hybridized carbons (Fsp3) is 0.524. The Bertz CT molecular complexity index is 877. The maximum Gasteiger partial charge on any atom is 0.327 e. The minimum absolute atomic E-state index is 0.0968. The molecule has 31 heavy (non-hydrogen) atoms. The maximum atomic E-state index is 13.1. The molecule has 0 unspecified atom stereocenters. The Morgan fingerprint density at radius 3 is 2.48 bits per heavy atom. The van der Waals surface area contributed by atoms with Gasteiger partial charge in [0.05, 0.1) is 11.9 Å². The molecule has 9 nitrogen and oxygen atoms in total. The van der Waals surface area contributed by atoms with Gasteiger partial charge in [-0.3, -0.25) is 14.4 Å². The number of amides is 3. The van der Waals surface area contributed by atoms with Crippen molar-refractivity contribution in [3.63, 3.8) is 0 Å². The van der Waals surface area contributed by atoms with Gasteiger partial charge in [0.2, 0.25) is 11.8 Å². The van der Waals surface area contributed by atoms with Crippen molar-refractivity contribution in [3.8, 4) is 0 Å². The third-order valence-electron chi connectivity index (χ3n) is 5.55. The van der Waals surface area contributed by atoms with Crippen LogP contribution in [-0.4, -0.2) is 79.1 Å². The van der Waals surface area contributed by atoms with E-state index in [-0.39, 0.29) is 19.0 Å². The molecule has 4 atom stereocenters. The van der Waals surface area contributed by atoms with Crippen LogP contribution in [0.5, 0.6) is 0 Å². The number of hydrogen-bond donors (Lipinski definition) is 3. The Kier molecular flexibility index (Phi) is 6.61. The lowest BCUT2D eigenvalue weighted by Crippen LogP contribution is -2.67. The van der Waals surface area contributed by atoms with Crippen molar-refractivity contribution in [2.75, 3.05) is 13.1 Å². The number of carbonyl (C=O) groups is 4. The van der Waals surface area contributed by atoms with E-state index in [1.54, 1.807) is 45.0 Å². The van der Waals surface area contributed by atoms with E-state index in [2.05, 4.69) is 5.32 Å². The molecular weight excluding hydrogens is 422 g/mol. The van der Waals surface area contributed by atoms with Crippen molar-refractivity contribution in [2.24, 2.45) is 5.92 Å². The summed E-state index contributed by atoms with van der Waals surface area (Å²) >= 11 is 1.26. The van der Waals surface area contributed by atoms with Gasteiger partial charge in [-0.25, -0.2) is 4.79 Å². The van der Waals surface area contributed by atoms with Crippen LogP contribution in [0.1, 0.15) is 26.3 Å². The first-order chi connectivity index (χ1) is 14.6. The Hall–Kier alpha value is -2.59. The summed E-state index contributed by atoms with van der Waals surface area (Å²) in [5, 5.41) is 22.4. The number of likely N-dealkylation sites (N-methyl/N-ethyl adjacent to an activating group) is 1. The van der Waals surface area contributed by atoms with E-state index in [4.69, 9.17) is 0 Å². The largest absolute Gasteiger partial charge is 0.480 e. The second-order valence-electron chi connectivity index (χ2n) is 8.20. The molecule has 2 fully saturated rings. The highest BCUT2D eigenvalue weighted by atomic mass is 32.2. The van der Waals surface area contributed by atoms with Gasteiger partial charge in [0.25, 0.3) is 5.91 Å². The third-order valence-corrected chi connectivity index (χ3v) is 7.14. The molecule has 2 heterocycles. The van der Waals surface area contributed by atoms with Crippen LogP contribution in [-0.2, 0) is 25.7 Å². The predicted molar refractivity (Wildman–Crippen MR) is 114 cm³/mol. The number of carboxylic acids is 1. The number of fused-ring (bicyclic) bond motifs is 1. The highest BCUT2D eigenvalue weighted by Gasteiger charge is 2.66. The first-order valence-electron chi connectivity index (χ1n) is 10.1. The zero-order chi connectivity index (χ0) is 22.9. The second kappa shape index (κ2) is 8.88. The van der Waals surface area contributed by atoms with E-state index < -0.39 is 46.0 Å². The highest BCUT2D eigenvalue weighted by Crippen LogP contribution is 2.54. The molecule has 168 valence electrons. The third kappa shape index (κ3) is 4.40. The number of aliphatic hydroxyl groups excluding tert-OH is 1. The van der Waals surface area contributed by atoms with Crippen molar-refractivity contribution in [2.45, 2.75) is 49.6 Å². The van der Waals surface area contributed by atoms with Crippen molar-refractivity contribution in [3.05, 3.63) is 35.9 Å². The van der Waals surface area contributed by atoms with Gasteiger partial charge >= 0.3 is 5.97 Å². The molecule has 2 aliphatic rings. The van der Waals surface area contributed by atoms with Gasteiger partial charge in [-0.1, -0.05) is 30.3 Å². The number of carboxylic acid groups (broad SMARTS) is 1. The number of nitrogens with one attached hydrogen (secondary N) is 1. The summed E-state index contributed by atoms with van der Waals surface area (Å²) in [5.41, 5.74) is 0.774. The number of carbonyl (C=O) groups excluding carboxylic acids is 3. The lowest BCUT2D eigenvalue weighted by molar-refractivity contribution is -0.173. The number of aliphatic carboxylic acids is 1. The van der Waals surface area contributed by atoms with Crippen molar-refractivity contribution in [1.29, 1.82) is 0 Å². The Labute approximate surface area is 184 Å². The van der Waals surface area contributed by atoms with Crippen LogP contribution >= 0.6 is 11.8 Å². The number of hydrogen-bond acceptors (Lipinski definition) is 6. The number of benzene rings is 1. The fourth-order valence-electron chi connectivity index (χ4n) is 4.12. The quantitative estimate of drug-likeness (QED) is 0.486. The van der Waals surface area contributed by atoms with Gasteiger partial charge in [0.15, 0.2) is 0 Å². The van der Waals surface area contributed by atoms with Crippen LogP contribution < -0.4 is 5.32 Å². The molecule has 0 saturated carbocycles. The molecular formula is C21H27N3O6S. The number of rotatable bonds is 8. The summed E-state index contributed by atoms with van der Waals surface area (Å²) in [4.78, 5) is 52.1.